The molecule has 0 aliphatic carbocycles. The number of nitro groups is 1. The summed E-state index contributed by atoms with van der Waals surface area (Å²) in [7, 11) is 0. The van der Waals surface area contributed by atoms with Crippen LogP contribution in [0.1, 0.15) is 21.7 Å². The van der Waals surface area contributed by atoms with Gasteiger partial charge in [0.05, 0.1) is 25.0 Å². The minimum atomic E-state index is -0.522. The third-order valence-electron chi connectivity index (χ3n) is 4.49. The van der Waals surface area contributed by atoms with Gasteiger partial charge in [-0.05, 0) is 28.7 Å². The first-order chi connectivity index (χ1) is 14.1. The maximum absolute atomic E-state index is 12.2. The van der Waals surface area contributed by atoms with Gasteiger partial charge in [0, 0.05) is 25.7 Å². The van der Waals surface area contributed by atoms with Gasteiger partial charge in [0.25, 0.3) is 0 Å². The predicted molar refractivity (Wildman–Crippen MR) is 108 cm³/mol. The van der Waals surface area contributed by atoms with E-state index < -0.39 is 4.92 Å². The van der Waals surface area contributed by atoms with Crippen molar-refractivity contribution in [3.63, 3.8) is 0 Å². The summed E-state index contributed by atoms with van der Waals surface area (Å²) < 4.78 is 11.9. The lowest BCUT2D eigenvalue weighted by Crippen LogP contribution is -2.38. The highest BCUT2D eigenvalue weighted by Gasteiger charge is 2.16. The number of imidazole rings is 1. The molecule has 1 aromatic carbocycles. The molecule has 0 atom stereocenters. The van der Waals surface area contributed by atoms with E-state index in [-0.39, 0.29) is 11.8 Å². The molecule has 1 aliphatic heterocycles. The predicted octanol–water partition coefficient (Wildman–Crippen LogP) is 2.55. The highest BCUT2D eigenvalue weighted by Crippen LogP contribution is 2.17. The largest absolute Gasteiger partial charge is 0.461 e. The molecule has 0 radical (unpaired) electrons. The van der Waals surface area contributed by atoms with Gasteiger partial charge in [-0.15, -0.1) is 0 Å². The van der Waals surface area contributed by atoms with Gasteiger partial charge < -0.3 is 19.6 Å². The van der Waals surface area contributed by atoms with Gasteiger partial charge in [0.1, 0.15) is 12.8 Å². The number of carbonyl (C=O) groups excluding carboxylic acids is 1. The van der Waals surface area contributed by atoms with Crippen molar-refractivity contribution in [2.45, 2.75) is 0 Å². The number of ether oxygens (including phenoxy) is 2. The number of hydrogen-bond acceptors (Lipinski definition) is 7. The van der Waals surface area contributed by atoms with E-state index in [1.165, 1.54) is 17.0 Å². The Hall–Kier alpha value is -3.30. The van der Waals surface area contributed by atoms with Crippen LogP contribution in [0.25, 0.3) is 18.4 Å². The highest BCUT2D eigenvalue weighted by molar-refractivity contribution is 5.89. The fourth-order valence-corrected chi connectivity index (χ4v) is 2.89. The van der Waals surface area contributed by atoms with E-state index >= 15 is 0 Å². The molecule has 3 rings (SSSR count). The summed E-state index contributed by atoms with van der Waals surface area (Å²) in [5, 5.41) is 11.0. The van der Waals surface area contributed by atoms with E-state index in [0.717, 1.165) is 18.7 Å². The summed E-state index contributed by atoms with van der Waals surface area (Å²) >= 11 is 0. The van der Waals surface area contributed by atoms with Gasteiger partial charge in [0.15, 0.2) is 0 Å². The normalized spacial score (nSPS) is 14.8. The van der Waals surface area contributed by atoms with Crippen LogP contribution in [0, 0.1) is 10.1 Å². The molecule has 2 heterocycles. The molecular weight excluding hydrogens is 376 g/mol. The van der Waals surface area contributed by atoms with Gasteiger partial charge in [-0.2, -0.15) is 4.57 Å². The maximum Gasteiger partial charge on any atom is 0.347 e. The summed E-state index contributed by atoms with van der Waals surface area (Å²) in [6.07, 6.45) is 5.90. The highest BCUT2D eigenvalue weighted by atomic mass is 16.6. The van der Waals surface area contributed by atoms with Crippen LogP contribution in [0.2, 0.25) is 0 Å². The first-order valence-electron chi connectivity index (χ1n) is 9.18. The van der Waals surface area contributed by atoms with Crippen molar-refractivity contribution in [3.8, 4) is 0 Å². The zero-order valence-electron chi connectivity index (χ0n) is 15.9. The van der Waals surface area contributed by atoms with Gasteiger partial charge in [-0.3, -0.25) is 4.90 Å². The Morgan fingerprint density at radius 1 is 1.28 bits per heavy atom. The lowest BCUT2D eigenvalue weighted by atomic mass is 10.1. The number of morpholine rings is 1. The number of benzene rings is 1. The first kappa shape index (κ1) is 20.4. The number of carbonyl (C=O) groups is 1. The smallest absolute Gasteiger partial charge is 0.347 e. The lowest BCUT2D eigenvalue weighted by Gasteiger charge is -2.26. The van der Waals surface area contributed by atoms with Gasteiger partial charge in [-0.25, -0.2) is 9.78 Å². The molecule has 0 bridgehead atoms. The van der Waals surface area contributed by atoms with Crippen LogP contribution in [-0.2, 0) is 9.47 Å². The SMILES string of the molecule is C=Cn1c([N+](=O)[O-])cnc1/C=C/c1ccc(C(=O)OCCN2CCOCC2)cc1. The molecular formula is C20H22N4O5. The summed E-state index contributed by atoms with van der Waals surface area (Å²) in [4.78, 5) is 28.8. The molecule has 0 amide bonds. The third-order valence-corrected chi connectivity index (χ3v) is 4.49. The van der Waals surface area contributed by atoms with Crippen LogP contribution >= 0.6 is 0 Å². The Kier molecular flexibility index (Phi) is 6.88. The molecule has 1 saturated heterocycles. The van der Waals surface area contributed by atoms with Gasteiger partial charge in [0.2, 0.25) is 5.82 Å². The number of esters is 1. The van der Waals surface area contributed by atoms with Crippen molar-refractivity contribution >= 4 is 30.1 Å². The second kappa shape index (κ2) is 9.76. The number of nitrogens with zero attached hydrogens (tertiary/aromatic N) is 4. The topological polar surface area (TPSA) is 99.7 Å². The first-order valence-corrected chi connectivity index (χ1v) is 9.18. The van der Waals surface area contributed by atoms with E-state index in [1.807, 2.05) is 0 Å². The van der Waals surface area contributed by atoms with Crippen molar-refractivity contribution < 1.29 is 19.2 Å². The van der Waals surface area contributed by atoms with Crippen molar-refractivity contribution in [3.05, 3.63) is 64.1 Å². The monoisotopic (exact) mass is 398 g/mol. The fraction of sp³-hybridized carbons (Fsp3) is 0.300. The van der Waals surface area contributed by atoms with E-state index in [9.17, 15) is 14.9 Å². The Morgan fingerprint density at radius 3 is 2.66 bits per heavy atom. The van der Waals surface area contributed by atoms with Crippen molar-refractivity contribution in [2.24, 2.45) is 0 Å². The minimum absolute atomic E-state index is 0.158. The number of aromatic nitrogens is 2. The fourth-order valence-electron chi connectivity index (χ4n) is 2.89. The Morgan fingerprint density at radius 2 is 2.00 bits per heavy atom. The molecule has 0 spiro atoms. The van der Waals surface area contributed by atoms with E-state index in [0.29, 0.717) is 37.8 Å². The Balaban J connectivity index is 1.55. The Bertz CT molecular complexity index is 898. The second-order valence-corrected chi connectivity index (χ2v) is 6.33. The zero-order valence-corrected chi connectivity index (χ0v) is 15.9. The minimum Gasteiger partial charge on any atom is -0.461 e. The summed E-state index contributed by atoms with van der Waals surface area (Å²) in [6.45, 7) is 7.73. The molecule has 0 saturated carbocycles. The van der Waals surface area contributed by atoms with Crippen molar-refractivity contribution in [2.75, 3.05) is 39.5 Å². The van der Waals surface area contributed by atoms with Gasteiger partial charge in [-0.1, -0.05) is 18.7 Å². The molecule has 1 aromatic heterocycles. The molecule has 9 heteroatoms. The van der Waals surface area contributed by atoms with Crippen LogP contribution in [-0.4, -0.2) is 64.8 Å². The molecule has 9 nitrogen and oxygen atoms in total. The second-order valence-electron chi connectivity index (χ2n) is 6.33. The summed E-state index contributed by atoms with van der Waals surface area (Å²) in [5.74, 6) is -0.139. The van der Waals surface area contributed by atoms with Crippen LogP contribution in [0.3, 0.4) is 0 Å². The molecule has 1 fully saturated rings. The molecule has 152 valence electrons. The van der Waals surface area contributed by atoms with E-state index in [4.69, 9.17) is 9.47 Å². The lowest BCUT2D eigenvalue weighted by molar-refractivity contribution is -0.390. The van der Waals surface area contributed by atoms with Crippen LogP contribution in [0.5, 0.6) is 0 Å². The summed E-state index contributed by atoms with van der Waals surface area (Å²) in [6, 6.07) is 6.90. The third kappa shape index (κ3) is 5.37. The molecule has 1 aliphatic rings. The average Bonchev–Trinajstić information content (AvgIpc) is 3.16. The van der Waals surface area contributed by atoms with E-state index in [1.54, 1.807) is 36.4 Å². The molecule has 0 unspecified atom stereocenters. The molecule has 0 N–H and O–H groups in total. The van der Waals surface area contributed by atoms with Crippen molar-refractivity contribution in [1.82, 2.24) is 14.5 Å². The quantitative estimate of drug-likeness (QED) is 0.383. The average molecular weight is 398 g/mol. The number of rotatable bonds is 8. The van der Waals surface area contributed by atoms with Gasteiger partial charge >= 0.3 is 11.8 Å². The number of hydrogen-bond donors (Lipinski definition) is 0. The van der Waals surface area contributed by atoms with Crippen LogP contribution in [0.4, 0.5) is 5.82 Å². The van der Waals surface area contributed by atoms with Crippen LogP contribution < -0.4 is 0 Å². The standard InChI is InChI=1S/C20H22N4O5/c1-2-23-18(21-15-19(23)24(26)27)8-5-16-3-6-17(7-4-16)20(25)29-14-11-22-9-12-28-13-10-22/h2-8,15H,1,9-14H2/b8-5+. The van der Waals surface area contributed by atoms with E-state index in [2.05, 4.69) is 16.5 Å². The summed E-state index contributed by atoms with van der Waals surface area (Å²) in [5.41, 5.74) is 1.28. The Labute approximate surface area is 168 Å². The van der Waals surface area contributed by atoms with Crippen molar-refractivity contribution in [1.29, 1.82) is 0 Å². The molecule has 29 heavy (non-hydrogen) atoms. The maximum atomic E-state index is 12.2. The molecule has 2 aromatic rings. The zero-order chi connectivity index (χ0) is 20.6. The van der Waals surface area contributed by atoms with Crippen LogP contribution in [0.15, 0.2) is 37.0 Å².